The van der Waals surface area contributed by atoms with Crippen molar-refractivity contribution in [3.8, 4) is 11.5 Å². The molecule has 0 radical (unpaired) electrons. The molecule has 0 bridgehead atoms. The fraction of sp³-hybridized carbons (Fsp3) is 0.231. The first-order valence-electron chi connectivity index (χ1n) is 10.7. The zero-order chi connectivity index (χ0) is 24.4. The van der Waals surface area contributed by atoms with Crippen molar-refractivity contribution in [1.29, 1.82) is 0 Å². The lowest BCUT2D eigenvalue weighted by atomic mass is 9.94. The molecule has 8 heteroatoms. The summed E-state index contributed by atoms with van der Waals surface area (Å²) in [6.45, 7) is 3.85. The summed E-state index contributed by atoms with van der Waals surface area (Å²) in [5, 5.41) is 11.1. The van der Waals surface area contributed by atoms with Crippen molar-refractivity contribution in [2.45, 2.75) is 26.4 Å². The van der Waals surface area contributed by atoms with Gasteiger partial charge in [0.25, 0.3) is 11.7 Å². The average Bonchev–Trinajstić information content (AvgIpc) is 3.43. The molecule has 0 spiro atoms. The van der Waals surface area contributed by atoms with E-state index in [1.165, 1.54) is 30.4 Å². The van der Waals surface area contributed by atoms with Gasteiger partial charge in [0, 0.05) is 5.56 Å². The molecule has 0 unspecified atom stereocenters. The molecular formula is C26H24FNO6. The standard InChI is InChI=1S/C26H24FNO6/c1-4-33-20-10-9-16(13-21(20)32-3)23-22(24(29)17-8-7-15(2)19(27)12-17)25(30)26(31)28(23)14-18-6-5-11-34-18/h5-13,23,29H,4,14H2,1-3H3/t23-/m1/s1. The molecule has 1 atom stereocenters. The highest BCUT2D eigenvalue weighted by Crippen LogP contribution is 2.42. The van der Waals surface area contributed by atoms with E-state index in [-0.39, 0.29) is 17.7 Å². The molecule has 1 aliphatic rings. The molecule has 1 aliphatic heterocycles. The van der Waals surface area contributed by atoms with Gasteiger partial charge in [-0.3, -0.25) is 9.59 Å². The minimum absolute atomic E-state index is 0.00317. The van der Waals surface area contributed by atoms with E-state index in [1.54, 1.807) is 37.3 Å². The third-order valence-electron chi connectivity index (χ3n) is 5.69. The number of ketones is 1. The second-order valence-electron chi connectivity index (χ2n) is 7.81. The predicted molar refractivity (Wildman–Crippen MR) is 122 cm³/mol. The van der Waals surface area contributed by atoms with Crippen LogP contribution in [0.25, 0.3) is 5.76 Å². The Morgan fingerprint density at radius 1 is 1.15 bits per heavy atom. The number of Topliss-reactive ketones (excluding diaryl/α,β-unsaturated/α-hetero) is 1. The lowest BCUT2D eigenvalue weighted by molar-refractivity contribution is -0.140. The quantitative estimate of drug-likeness (QED) is 0.308. The molecule has 2 aromatic carbocycles. The van der Waals surface area contributed by atoms with Crippen LogP contribution in [0.4, 0.5) is 4.39 Å². The highest BCUT2D eigenvalue weighted by Gasteiger charge is 2.46. The van der Waals surface area contributed by atoms with E-state index in [1.807, 2.05) is 6.92 Å². The van der Waals surface area contributed by atoms with Crippen molar-refractivity contribution in [3.05, 3.63) is 88.6 Å². The molecule has 0 aliphatic carbocycles. The Labute approximate surface area is 196 Å². The number of hydrogen-bond acceptors (Lipinski definition) is 6. The Morgan fingerprint density at radius 2 is 1.94 bits per heavy atom. The van der Waals surface area contributed by atoms with Crippen molar-refractivity contribution < 1.29 is 33.0 Å². The zero-order valence-electron chi connectivity index (χ0n) is 19.0. The monoisotopic (exact) mass is 465 g/mol. The Bertz CT molecular complexity index is 1260. The van der Waals surface area contributed by atoms with Gasteiger partial charge in [0.05, 0.1) is 38.1 Å². The van der Waals surface area contributed by atoms with Crippen molar-refractivity contribution in [3.63, 3.8) is 0 Å². The fourth-order valence-electron chi connectivity index (χ4n) is 3.98. The summed E-state index contributed by atoms with van der Waals surface area (Å²) in [5.74, 6) is -1.30. The van der Waals surface area contributed by atoms with Crippen LogP contribution in [-0.4, -0.2) is 35.4 Å². The van der Waals surface area contributed by atoms with Gasteiger partial charge in [-0.1, -0.05) is 18.2 Å². The lowest BCUT2D eigenvalue weighted by Gasteiger charge is -2.25. The van der Waals surface area contributed by atoms with Crippen molar-refractivity contribution in [1.82, 2.24) is 4.90 Å². The summed E-state index contributed by atoms with van der Waals surface area (Å²) in [5.41, 5.74) is 0.857. The smallest absolute Gasteiger partial charge is 0.296 e. The van der Waals surface area contributed by atoms with Crippen LogP contribution in [-0.2, 0) is 16.1 Å². The molecule has 7 nitrogen and oxygen atoms in total. The van der Waals surface area contributed by atoms with Crippen LogP contribution in [0.3, 0.4) is 0 Å². The number of aliphatic hydroxyl groups excluding tert-OH is 1. The predicted octanol–water partition coefficient (Wildman–Crippen LogP) is 4.76. The molecule has 176 valence electrons. The first-order valence-corrected chi connectivity index (χ1v) is 10.7. The molecular weight excluding hydrogens is 441 g/mol. The van der Waals surface area contributed by atoms with Crippen molar-refractivity contribution in [2.24, 2.45) is 0 Å². The molecule has 1 amide bonds. The summed E-state index contributed by atoms with van der Waals surface area (Å²) >= 11 is 0. The SMILES string of the molecule is CCOc1ccc([C@@H]2C(=C(O)c3ccc(C)c(F)c3)C(=O)C(=O)N2Cc2ccco2)cc1OC. The van der Waals surface area contributed by atoms with Crippen molar-refractivity contribution >= 4 is 17.4 Å². The number of furan rings is 1. The number of aliphatic hydroxyl groups is 1. The summed E-state index contributed by atoms with van der Waals surface area (Å²) < 4.78 is 30.6. The lowest BCUT2D eigenvalue weighted by Crippen LogP contribution is -2.29. The third-order valence-corrected chi connectivity index (χ3v) is 5.69. The van der Waals surface area contributed by atoms with E-state index in [0.717, 1.165) is 6.07 Å². The largest absolute Gasteiger partial charge is 0.507 e. The highest BCUT2D eigenvalue weighted by atomic mass is 19.1. The number of nitrogens with zero attached hydrogens (tertiary/aromatic N) is 1. The first-order chi connectivity index (χ1) is 16.3. The number of aryl methyl sites for hydroxylation is 1. The zero-order valence-corrected chi connectivity index (χ0v) is 19.0. The van der Waals surface area contributed by atoms with Crippen LogP contribution in [0.5, 0.6) is 11.5 Å². The van der Waals surface area contributed by atoms with Crippen LogP contribution in [0, 0.1) is 12.7 Å². The van der Waals surface area contributed by atoms with Gasteiger partial charge in [-0.2, -0.15) is 0 Å². The molecule has 1 saturated heterocycles. The number of halogens is 1. The van der Waals surface area contributed by atoms with Gasteiger partial charge in [0.2, 0.25) is 0 Å². The van der Waals surface area contributed by atoms with Crippen LogP contribution in [0.1, 0.15) is 35.4 Å². The molecule has 1 fully saturated rings. The van der Waals surface area contributed by atoms with Crippen molar-refractivity contribution in [2.75, 3.05) is 13.7 Å². The Morgan fingerprint density at radius 3 is 2.59 bits per heavy atom. The van der Waals surface area contributed by atoms with Gasteiger partial charge >= 0.3 is 0 Å². The maximum absolute atomic E-state index is 14.2. The van der Waals surface area contributed by atoms with Crippen LogP contribution >= 0.6 is 0 Å². The van der Waals surface area contributed by atoms with E-state index in [0.29, 0.717) is 35.0 Å². The summed E-state index contributed by atoms with van der Waals surface area (Å²) in [7, 11) is 1.48. The van der Waals surface area contributed by atoms with E-state index in [2.05, 4.69) is 0 Å². The van der Waals surface area contributed by atoms with E-state index in [9.17, 15) is 19.1 Å². The highest BCUT2D eigenvalue weighted by molar-refractivity contribution is 6.46. The topological polar surface area (TPSA) is 89.2 Å². The van der Waals surface area contributed by atoms with E-state index in [4.69, 9.17) is 13.9 Å². The minimum atomic E-state index is -0.959. The molecule has 3 aromatic rings. The van der Waals surface area contributed by atoms with Crippen LogP contribution in [0.2, 0.25) is 0 Å². The normalized spacial score (nSPS) is 17.3. The number of likely N-dealkylation sites (tertiary alicyclic amines) is 1. The van der Waals surface area contributed by atoms with Gasteiger partial charge < -0.3 is 23.9 Å². The third kappa shape index (κ3) is 4.14. The maximum atomic E-state index is 14.2. The number of ether oxygens (including phenoxy) is 2. The first kappa shape index (κ1) is 23.1. The summed E-state index contributed by atoms with van der Waals surface area (Å²) in [6.07, 6.45) is 1.47. The van der Waals surface area contributed by atoms with Gasteiger partial charge in [0.1, 0.15) is 17.3 Å². The number of methoxy groups -OCH3 is 1. The van der Waals surface area contributed by atoms with Crippen LogP contribution < -0.4 is 9.47 Å². The summed E-state index contributed by atoms with van der Waals surface area (Å²) in [6, 6.07) is 11.6. The van der Waals surface area contributed by atoms with Gasteiger partial charge in [0.15, 0.2) is 11.5 Å². The van der Waals surface area contributed by atoms with Crippen LogP contribution in [0.15, 0.2) is 64.8 Å². The number of carbonyl (C=O) groups is 2. The summed E-state index contributed by atoms with van der Waals surface area (Å²) in [4.78, 5) is 27.5. The van der Waals surface area contributed by atoms with Gasteiger partial charge in [-0.05, 0) is 55.3 Å². The number of benzene rings is 2. The molecule has 0 saturated carbocycles. The van der Waals surface area contributed by atoms with Gasteiger partial charge in [-0.25, -0.2) is 4.39 Å². The van der Waals surface area contributed by atoms with E-state index < -0.39 is 29.3 Å². The number of carbonyl (C=O) groups excluding carboxylic acids is 2. The maximum Gasteiger partial charge on any atom is 0.296 e. The minimum Gasteiger partial charge on any atom is -0.507 e. The molecule has 1 aromatic heterocycles. The molecule has 34 heavy (non-hydrogen) atoms. The Hall–Kier alpha value is -4.07. The number of hydrogen-bond donors (Lipinski definition) is 1. The molecule has 1 N–H and O–H groups in total. The second-order valence-corrected chi connectivity index (χ2v) is 7.81. The van der Waals surface area contributed by atoms with E-state index >= 15 is 0 Å². The van der Waals surface area contributed by atoms with Gasteiger partial charge in [-0.15, -0.1) is 0 Å². The Kier molecular flexibility index (Phi) is 6.40. The number of amides is 1. The average molecular weight is 465 g/mol. The fourth-order valence-corrected chi connectivity index (χ4v) is 3.98. The number of rotatable bonds is 7. The molecule has 4 rings (SSSR count). The molecule has 2 heterocycles. The Balaban J connectivity index is 1.89. The second kappa shape index (κ2) is 9.43.